The molecular formula is C14H12Cl2N2O2. The summed E-state index contributed by atoms with van der Waals surface area (Å²) in [6, 6.07) is 11.5. The van der Waals surface area contributed by atoms with Gasteiger partial charge in [0.15, 0.2) is 0 Å². The lowest BCUT2D eigenvalue weighted by atomic mass is 10.3. The molecule has 0 bridgehead atoms. The van der Waals surface area contributed by atoms with Gasteiger partial charge in [0.05, 0.1) is 17.2 Å². The van der Waals surface area contributed by atoms with E-state index in [2.05, 4.69) is 10.6 Å². The molecule has 6 heteroatoms. The van der Waals surface area contributed by atoms with E-state index in [0.29, 0.717) is 21.4 Å². The van der Waals surface area contributed by atoms with Gasteiger partial charge in [0.25, 0.3) is 0 Å². The van der Waals surface area contributed by atoms with Crippen molar-refractivity contribution in [2.45, 2.75) is 0 Å². The third-order valence-corrected chi connectivity index (χ3v) is 3.26. The molecule has 0 radical (unpaired) electrons. The summed E-state index contributed by atoms with van der Waals surface area (Å²) in [7, 11) is 1.58. The molecule has 0 saturated heterocycles. The third kappa shape index (κ3) is 3.79. The number of rotatable bonds is 3. The summed E-state index contributed by atoms with van der Waals surface area (Å²) in [4.78, 5) is 11.8. The predicted octanol–water partition coefficient (Wildman–Crippen LogP) is 4.65. The van der Waals surface area contributed by atoms with Gasteiger partial charge in [0, 0.05) is 11.4 Å². The first-order chi connectivity index (χ1) is 9.58. The van der Waals surface area contributed by atoms with Gasteiger partial charge < -0.3 is 15.4 Å². The van der Waals surface area contributed by atoms with E-state index in [4.69, 9.17) is 27.9 Å². The number of nitrogens with one attached hydrogen (secondary N) is 2. The van der Waals surface area contributed by atoms with Crippen molar-refractivity contribution in [2.75, 3.05) is 17.7 Å². The molecule has 4 nitrogen and oxygen atoms in total. The van der Waals surface area contributed by atoms with Crippen LogP contribution in [0.1, 0.15) is 0 Å². The van der Waals surface area contributed by atoms with Crippen molar-refractivity contribution in [3.63, 3.8) is 0 Å². The molecule has 2 rings (SSSR count). The van der Waals surface area contributed by atoms with E-state index < -0.39 is 0 Å². The van der Waals surface area contributed by atoms with Crippen LogP contribution in [0, 0.1) is 0 Å². The van der Waals surface area contributed by atoms with Gasteiger partial charge in [-0.1, -0.05) is 23.2 Å². The highest BCUT2D eigenvalue weighted by Crippen LogP contribution is 2.25. The summed E-state index contributed by atoms with van der Waals surface area (Å²) in [6.07, 6.45) is 0. The number of hydrogen-bond acceptors (Lipinski definition) is 2. The minimum Gasteiger partial charge on any atom is -0.497 e. The Balaban J connectivity index is 1.99. The van der Waals surface area contributed by atoms with Crippen LogP contribution in [0.5, 0.6) is 5.75 Å². The fourth-order valence-electron chi connectivity index (χ4n) is 1.54. The van der Waals surface area contributed by atoms with Crippen LogP contribution < -0.4 is 15.4 Å². The van der Waals surface area contributed by atoms with Crippen molar-refractivity contribution in [2.24, 2.45) is 0 Å². The molecule has 0 aliphatic rings. The zero-order chi connectivity index (χ0) is 14.5. The lowest BCUT2D eigenvalue weighted by molar-refractivity contribution is 0.262. The molecule has 2 aromatic rings. The molecule has 0 fully saturated rings. The van der Waals surface area contributed by atoms with E-state index in [1.807, 2.05) is 0 Å². The Morgan fingerprint density at radius 2 is 1.55 bits per heavy atom. The van der Waals surface area contributed by atoms with Crippen LogP contribution in [0.25, 0.3) is 0 Å². The average Bonchev–Trinajstić information content (AvgIpc) is 2.44. The maximum absolute atomic E-state index is 11.8. The molecule has 2 N–H and O–H groups in total. The normalized spacial score (nSPS) is 9.95. The van der Waals surface area contributed by atoms with Gasteiger partial charge in [-0.2, -0.15) is 0 Å². The quantitative estimate of drug-likeness (QED) is 0.867. The number of amides is 2. The minimum atomic E-state index is -0.367. The first kappa shape index (κ1) is 14.5. The molecule has 0 spiro atoms. The van der Waals surface area contributed by atoms with Crippen LogP contribution in [0.15, 0.2) is 42.5 Å². The summed E-state index contributed by atoms with van der Waals surface area (Å²) in [6.45, 7) is 0. The second kappa shape index (κ2) is 6.50. The highest BCUT2D eigenvalue weighted by molar-refractivity contribution is 6.42. The van der Waals surface area contributed by atoms with Crippen molar-refractivity contribution in [1.29, 1.82) is 0 Å². The summed E-state index contributed by atoms with van der Waals surface area (Å²) in [5, 5.41) is 6.18. The Labute approximate surface area is 126 Å². The van der Waals surface area contributed by atoms with Crippen molar-refractivity contribution in [3.8, 4) is 5.75 Å². The van der Waals surface area contributed by atoms with Crippen molar-refractivity contribution < 1.29 is 9.53 Å². The zero-order valence-electron chi connectivity index (χ0n) is 10.6. The fraction of sp³-hybridized carbons (Fsp3) is 0.0714. The molecule has 0 aromatic heterocycles. The second-order valence-electron chi connectivity index (χ2n) is 3.94. The summed E-state index contributed by atoms with van der Waals surface area (Å²) in [5.74, 6) is 0.723. The van der Waals surface area contributed by atoms with E-state index in [-0.39, 0.29) is 6.03 Å². The highest BCUT2D eigenvalue weighted by atomic mass is 35.5. The van der Waals surface area contributed by atoms with Crippen LogP contribution in [0.2, 0.25) is 10.0 Å². The fourth-order valence-corrected chi connectivity index (χ4v) is 1.84. The monoisotopic (exact) mass is 310 g/mol. The number of carbonyl (C=O) groups excluding carboxylic acids is 1. The van der Waals surface area contributed by atoms with Crippen molar-refractivity contribution in [1.82, 2.24) is 0 Å². The summed E-state index contributed by atoms with van der Waals surface area (Å²) in [5.41, 5.74) is 1.22. The maximum atomic E-state index is 11.8. The maximum Gasteiger partial charge on any atom is 0.323 e. The molecular weight excluding hydrogens is 299 g/mol. The Morgan fingerprint density at radius 1 is 0.950 bits per heavy atom. The Bertz CT molecular complexity index is 615. The molecule has 104 valence electrons. The van der Waals surface area contributed by atoms with Gasteiger partial charge >= 0.3 is 6.03 Å². The molecule has 0 aliphatic heterocycles. The lowest BCUT2D eigenvalue weighted by Gasteiger charge is -2.09. The van der Waals surface area contributed by atoms with Crippen molar-refractivity contribution >= 4 is 40.6 Å². The van der Waals surface area contributed by atoms with E-state index in [9.17, 15) is 4.79 Å². The first-order valence-electron chi connectivity index (χ1n) is 5.75. The molecule has 0 aliphatic carbocycles. The summed E-state index contributed by atoms with van der Waals surface area (Å²) >= 11 is 11.7. The smallest absolute Gasteiger partial charge is 0.323 e. The SMILES string of the molecule is COc1ccc(NC(=O)Nc2ccc(Cl)c(Cl)c2)cc1. The molecule has 2 amide bonds. The number of halogens is 2. The molecule has 0 saturated carbocycles. The molecule has 2 aromatic carbocycles. The van der Waals surface area contributed by atoms with Crippen LogP contribution >= 0.6 is 23.2 Å². The van der Waals surface area contributed by atoms with Gasteiger partial charge in [0.2, 0.25) is 0 Å². The van der Waals surface area contributed by atoms with E-state index in [1.54, 1.807) is 49.6 Å². The van der Waals surface area contributed by atoms with Crippen LogP contribution in [-0.2, 0) is 0 Å². The first-order valence-corrected chi connectivity index (χ1v) is 6.51. The second-order valence-corrected chi connectivity index (χ2v) is 4.75. The average molecular weight is 311 g/mol. The Kier molecular flexibility index (Phi) is 4.71. The number of methoxy groups -OCH3 is 1. The van der Waals surface area contributed by atoms with E-state index >= 15 is 0 Å². The summed E-state index contributed by atoms with van der Waals surface area (Å²) < 4.78 is 5.04. The predicted molar refractivity (Wildman–Crippen MR) is 82.1 cm³/mol. The largest absolute Gasteiger partial charge is 0.497 e. The Hall–Kier alpha value is -1.91. The minimum absolute atomic E-state index is 0.367. The molecule has 0 unspecified atom stereocenters. The number of urea groups is 1. The zero-order valence-corrected chi connectivity index (χ0v) is 12.1. The topological polar surface area (TPSA) is 50.4 Å². The number of hydrogen-bond donors (Lipinski definition) is 2. The Morgan fingerprint density at radius 3 is 2.15 bits per heavy atom. The molecule has 20 heavy (non-hydrogen) atoms. The number of ether oxygens (including phenoxy) is 1. The van der Waals surface area contributed by atoms with E-state index in [0.717, 1.165) is 5.75 Å². The van der Waals surface area contributed by atoms with Gasteiger partial charge in [-0.05, 0) is 42.5 Å². The number of carbonyl (C=O) groups is 1. The number of benzene rings is 2. The highest BCUT2D eigenvalue weighted by Gasteiger charge is 2.05. The van der Waals surface area contributed by atoms with Crippen LogP contribution in [0.3, 0.4) is 0 Å². The third-order valence-electron chi connectivity index (χ3n) is 2.53. The van der Waals surface area contributed by atoms with Gasteiger partial charge in [0.1, 0.15) is 5.75 Å². The van der Waals surface area contributed by atoms with Crippen LogP contribution in [0.4, 0.5) is 16.2 Å². The molecule has 0 heterocycles. The number of anilines is 2. The standard InChI is InChI=1S/C14H12Cl2N2O2/c1-20-11-5-2-9(3-6-11)17-14(19)18-10-4-7-12(15)13(16)8-10/h2-8H,1H3,(H2,17,18,19). The van der Waals surface area contributed by atoms with Crippen molar-refractivity contribution in [3.05, 3.63) is 52.5 Å². The van der Waals surface area contributed by atoms with Gasteiger partial charge in [-0.15, -0.1) is 0 Å². The van der Waals surface area contributed by atoms with Gasteiger partial charge in [-0.25, -0.2) is 4.79 Å². The lowest BCUT2D eigenvalue weighted by Crippen LogP contribution is -2.19. The van der Waals surface area contributed by atoms with Gasteiger partial charge in [-0.3, -0.25) is 0 Å². The molecule has 0 atom stereocenters. The van der Waals surface area contributed by atoms with E-state index in [1.165, 1.54) is 0 Å². The van der Waals surface area contributed by atoms with Crippen LogP contribution in [-0.4, -0.2) is 13.1 Å².